The van der Waals surface area contributed by atoms with Gasteiger partial charge in [0.15, 0.2) is 0 Å². The van der Waals surface area contributed by atoms with Crippen molar-refractivity contribution in [2.75, 3.05) is 18.8 Å². The predicted octanol–water partition coefficient (Wildman–Crippen LogP) is 2.10. The molecule has 1 aromatic carbocycles. The minimum Gasteiger partial charge on any atom is -0.490 e. The zero-order valence-electron chi connectivity index (χ0n) is 10.4. The number of aryl methyl sites for hydroxylation is 1. The van der Waals surface area contributed by atoms with Gasteiger partial charge >= 0.3 is 6.09 Å². The number of likely N-dealkylation sites (tertiary alicyclic amines) is 1. The predicted molar refractivity (Wildman–Crippen MR) is 68.8 cm³/mol. The van der Waals surface area contributed by atoms with E-state index in [-0.39, 0.29) is 6.10 Å². The van der Waals surface area contributed by atoms with Gasteiger partial charge in [-0.25, -0.2) is 4.79 Å². The molecule has 0 bridgehead atoms. The number of hydrogen-bond donors (Lipinski definition) is 2. The number of anilines is 1. The molecule has 98 valence electrons. The lowest BCUT2D eigenvalue weighted by Gasteiger charge is -2.30. The molecule has 0 unspecified atom stereocenters. The second-order valence-corrected chi connectivity index (χ2v) is 4.61. The Bertz CT molecular complexity index is 440. The largest absolute Gasteiger partial charge is 0.490 e. The van der Waals surface area contributed by atoms with Crippen LogP contribution in [0.25, 0.3) is 0 Å². The van der Waals surface area contributed by atoms with Gasteiger partial charge in [0.1, 0.15) is 11.9 Å². The molecule has 1 aliphatic heterocycles. The number of rotatable bonds is 2. The van der Waals surface area contributed by atoms with Crippen LogP contribution in [-0.2, 0) is 0 Å². The molecule has 1 aliphatic rings. The number of nitrogen functional groups attached to an aromatic ring is 1. The lowest BCUT2D eigenvalue weighted by molar-refractivity contribution is 0.0895. The standard InChI is InChI=1S/C13H18N2O3/c1-9-2-3-11(8-12(9)14)18-10-4-6-15(7-5-10)13(16)17/h2-3,8,10H,4-7,14H2,1H3,(H,16,17). The van der Waals surface area contributed by atoms with Crippen molar-refractivity contribution in [3.8, 4) is 5.75 Å². The quantitative estimate of drug-likeness (QED) is 0.788. The number of ether oxygens (including phenoxy) is 1. The third kappa shape index (κ3) is 2.85. The minimum atomic E-state index is -0.854. The van der Waals surface area contributed by atoms with Gasteiger partial charge in [-0.05, 0) is 18.6 Å². The van der Waals surface area contributed by atoms with Gasteiger partial charge in [-0.3, -0.25) is 0 Å². The average Bonchev–Trinajstić information content (AvgIpc) is 2.34. The molecule has 1 fully saturated rings. The molecule has 1 aromatic rings. The molecule has 0 aromatic heterocycles. The van der Waals surface area contributed by atoms with Crippen molar-refractivity contribution >= 4 is 11.8 Å². The molecule has 1 amide bonds. The van der Waals surface area contributed by atoms with Crippen LogP contribution >= 0.6 is 0 Å². The normalized spacial score (nSPS) is 16.6. The van der Waals surface area contributed by atoms with E-state index in [0.717, 1.165) is 29.8 Å². The van der Waals surface area contributed by atoms with Gasteiger partial charge < -0.3 is 20.5 Å². The number of nitrogens with zero attached hydrogens (tertiary/aromatic N) is 1. The highest BCUT2D eigenvalue weighted by Crippen LogP contribution is 2.23. The summed E-state index contributed by atoms with van der Waals surface area (Å²) >= 11 is 0. The van der Waals surface area contributed by atoms with Crippen LogP contribution in [0.3, 0.4) is 0 Å². The van der Waals surface area contributed by atoms with Crippen molar-refractivity contribution < 1.29 is 14.6 Å². The van der Waals surface area contributed by atoms with Crippen LogP contribution in [0.4, 0.5) is 10.5 Å². The van der Waals surface area contributed by atoms with Gasteiger partial charge in [-0.15, -0.1) is 0 Å². The van der Waals surface area contributed by atoms with E-state index < -0.39 is 6.09 Å². The monoisotopic (exact) mass is 250 g/mol. The Morgan fingerprint density at radius 2 is 2.11 bits per heavy atom. The van der Waals surface area contributed by atoms with E-state index in [0.29, 0.717) is 13.1 Å². The number of carbonyl (C=O) groups is 1. The lowest BCUT2D eigenvalue weighted by Crippen LogP contribution is -2.41. The summed E-state index contributed by atoms with van der Waals surface area (Å²) in [4.78, 5) is 12.2. The summed E-state index contributed by atoms with van der Waals surface area (Å²) in [6, 6.07) is 5.64. The van der Waals surface area contributed by atoms with Crippen molar-refractivity contribution in [2.45, 2.75) is 25.9 Å². The molecule has 0 radical (unpaired) electrons. The second kappa shape index (κ2) is 5.16. The van der Waals surface area contributed by atoms with E-state index in [2.05, 4.69) is 0 Å². The third-order valence-electron chi connectivity index (χ3n) is 3.27. The van der Waals surface area contributed by atoms with E-state index in [1.807, 2.05) is 25.1 Å². The maximum absolute atomic E-state index is 10.8. The highest BCUT2D eigenvalue weighted by atomic mass is 16.5. The summed E-state index contributed by atoms with van der Waals surface area (Å²) in [6.45, 7) is 3.01. The molecule has 0 saturated carbocycles. The average molecular weight is 250 g/mol. The minimum absolute atomic E-state index is 0.0720. The Morgan fingerprint density at radius 1 is 1.44 bits per heavy atom. The van der Waals surface area contributed by atoms with Crippen LogP contribution in [0.1, 0.15) is 18.4 Å². The fourth-order valence-electron chi connectivity index (χ4n) is 2.05. The molecule has 0 aliphatic carbocycles. The molecule has 1 heterocycles. The molecule has 5 heteroatoms. The Morgan fingerprint density at radius 3 is 2.67 bits per heavy atom. The van der Waals surface area contributed by atoms with Gasteiger partial charge in [0.25, 0.3) is 0 Å². The molecule has 3 N–H and O–H groups in total. The van der Waals surface area contributed by atoms with Gasteiger partial charge in [-0.2, -0.15) is 0 Å². The van der Waals surface area contributed by atoms with Gasteiger partial charge in [-0.1, -0.05) is 6.07 Å². The van der Waals surface area contributed by atoms with E-state index in [9.17, 15) is 4.79 Å². The van der Waals surface area contributed by atoms with Crippen LogP contribution in [0.5, 0.6) is 5.75 Å². The summed E-state index contributed by atoms with van der Waals surface area (Å²) in [5, 5.41) is 8.85. The molecule has 18 heavy (non-hydrogen) atoms. The number of carboxylic acid groups (broad SMARTS) is 1. The maximum Gasteiger partial charge on any atom is 0.407 e. The summed E-state index contributed by atoms with van der Waals surface area (Å²) in [5.74, 6) is 0.756. The molecule has 1 saturated heterocycles. The SMILES string of the molecule is Cc1ccc(OC2CCN(C(=O)O)CC2)cc1N. The summed E-state index contributed by atoms with van der Waals surface area (Å²) < 4.78 is 5.82. The first-order valence-corrected chi connectivity index (χ1v) is 6.07. The van der Waals surface area contributed by atoms with Crippen molar-refractivity contribution in [3.63, 3.8) is 0 Å². The molecular weight excluding hydrogens is 232 g/mol. The van der Waals surface area contributed by atoms with Crippen LogP contribution in [0.15, 0.2) is 18.2 Å². The first kappa shape index (κ1) is 12.5. The van der Waals surface area contributed by atoms with E-state index in [1.54, 1.807) is 0 Å². The van der Waals surface area contributed by atoms with Crippen molar-refractivity contribution in [1.82, 2.24) is 4.90 Å². The Labute approximate surface area is 106 Å². The third-order valence-corrected chi connectivity index (χ3v) is 3.27. The van der Waals surface area contributed by atoms with Crippen LogP contribution < -0.4 is 10.5 Å². The number of hydrogen-bond acceptors (Lipinski definition) is 3. The first-order valence-electron chi connectivity index (χ1n) is 6.07. The van der Waals surface area contributed by atoms with Gasteiger partial charge in [0.05, 0.1) is 0 Å². The molecule has 0 atom stereocenters. The van der Waals surface area contributed by atoms with E-state index >= 15 is 0 Å². The number of nitrogens with two attached hydrogens (primary N) is 1. The van der Waals surface area contributed by atoms with Crippen molar-refractivity contribution in [2.24, 2.45) is 0 Å². The Hall–Kier alpha value is -1.91. The number of piperidine rings is 1. The van der Waals surface area contributed by atoms with Crippen molar-refractivity contribution in [3.05, 3.63) is 23.8 Å². The van der Waals surface area contributed by atoms with Gasteiger partial charge in [0.2, 0.25) is 0 Å². The van der Waals surface area contributed by atoms with Crippen molar-refractivity contribution in [1.29, 1.82) is 0 Å². The molecule has 2 rings (SSSR count). The van der Waals surface area contributed by atoms with E-state index in [4.69, 9.17) is 15.6 Å². The van der Waals surface area contributed by atoms with Crippen LogP contribution in [-0.4, -0.2) is 35.3 Å². The first-order chi connectivity index (χ1) is 8.56. The smallest absolute Gasteiger partial charge is 0.407 e. The molecule has 5 nitrogen and oxygen atoms in total. The van der Waals surface area contributed by atoms with E-state index in [1.165, 1.54) is 4.90 Å². The number of benzene rings is 1. The Kier molecular flexibility index (Phi) is 3.60. The molecular formula is C13H18N2O3. The Balaban J connectivity index is 1.91. The summed E-state index contributed by atoms with van der Waals surface area (Å²) in [7, 11) is 0. The van der Waals surface area contributed by atoms with Crippen LogP contribution in [0, 0.1) is 6.92 Å². The molecule has 0 spiro atoms. The lowest BCUT2D eigenvalue weighted by atomic mass is 10.1. The highest BCUT2D eigenvalue weighted by Gasteiger charge is 2.23. The fraction of sp³-hybridized carbons (Fsp3) is 0.462. The second-order valence-electron chi connectivity index (χ2n) is 4.61. The zero-order valence-corrected chi connectivity index (χ0v) is 10.4. The van der Waals surface area contributed by atoms with Crippen LogP contribution in [0.2, 0.25) is 0 Å². The summed E-state index contributed by atoms with van der Waals surface area (Å²) in [5.41, 5.74) is 7.57. The zero-order chi connectivity index (χ0) is 13.1. The topological polar surface area (TPSA) is 75.8 Å². The summed E-state index contributed by atoms with van der Waals surface area (Å²) in [6.07, 6.45) is 0.663. The highest BCUT2D eigenvalue weighted by molar-refractivity contribution is 5.65. The van der Waals surface area contributed by atoms with Gasteiger partial charge in [0, 0.05) is 37.7 Å². The fourth-order valence-corrected chi connectivity index (χ4v) is 2.05. The maximum atomic E-state index is 10.8. The number of amides is 1.